The van der Waals surface area contributed by atoms with Crippen molar-refractivity contribution in [3.05, 3.63) is 53.7 Å². The number of allylic oxidation sites excluding steroid dienone is 3. The molecule has 0 bridgehead atoms. The normalized spacial score (nSPS) is 23.0. The fourth-order valence-corrected chi connectivity index (χ4v) is 3.40. The van der Waals surface area contributed by atoms with Crippen molar-refractivity contribution in [3.8, 4) is 0 Å². The van der Waals surface area contributed by atoms with Crippen LogP contribution in [0.25, 0.3) is 0 Å². The number of aliphatic hydroxyl groups is 1. The van der Waals surface area contributed by atoms with Crippen LogP contribution in [0.4, 0.5) is 0 Å². The minimum atomic E-state index is -1.32. The predicted molar refractivity (Wildman–Crippen MR) is 107 cm³/mol. The van der Waals surface area contributed by atoms with Crippen LogP contribution in [0.15, 0.2) is 48.0 Å². The van der Waals surface area contributed by atoms with Crippen LogP contribution >= 0.6 is 0 Å². The van der Waals surface area contributed by atoms with Crippen LogP contribution in [0, 0.1) is 5.41 Å². The third-order valence-electron chi connectivity index (χ3n) is 5.17. The number of nitrogens with zero attached hydrogens (tertiary/aromatic N) is 1. The smallest absolute Gasteiger partial charge is 0.326 e. The van der Waals surface area contributed by atoms with Gasteiger partial charge in [0.05, 0.1) is 6.33 Å². The van der Waals surface area contributed by atoms with Gasteiger partial charge in [-0.2, -0.15) is 0 Å². The molecule has 1 aromatic rings. The highest BCUT2D eigenvalue weighted by Crippen LogP contribution is 2.44. The number of carboxylic acid groups (broad SMARTS) is 1. The fourth-order valence-electron chi connectivity index (χ4n) is 3.40. The summed E-state index contributed by atoms with van der Waals surface area (Å²) in [5, 5.41) is 22.9. The van der Waals surface area contributed by atoms with E-state index in [0.717, 1.165) is 0 Å². The van der Waals surface area contributed by atoms with Gasteiger partial charge in [-0.3, -0.25) is 9.59 Å². The first-order valence-corrected chi connectivity index (χ1v) is 9.26. The van der Waals surface area contributed by atoms with E-state index in [-0.39, 0.29) is 18.6 Å². The Kier molecular flexibility index (Phi) is 6.58. The van der Waals surface area contributed by atoms with Gasteiger partial charge in [0.2, 0.25) is 5.91 Å². The van der Waals surface area contributed by atoms with Crippen LogP contribution in [0.1, 0.15) is 39.8 Å². The van der Waals surface area contributed by atoms with Crippen molar-refractivity contribution in [1.29, 1.82) is 0 Å². The van der Waals surface area contributed by atoms with Gasteiger partial charge >= 0.3 is 5.97 Å². The van der Waals surface area contributed by atoms with Crippen LogP contribution in [0.5, 0.6) is 0 Å². The summed E-state index contributed by atoms with van der Waals surface area (Å²) in [6.07, 6.45) is 9.10. The van der Waals surface area contributed by atoms with Crippen molar-refractivity contribution in [2.24, 2.45) is 5.41 Å². The summed E-state index contributed by atoms with van der Waals surface area (Å²) in [7, 11) is 0. The first-order valence-electron chi connectivity index (χ1n) is 9.26. The van der Waals surface area contributed by atoms with E-state index in [9.17, 15) is 24.6 Å². The molecule has 0 aromatic carbocycles. The molecule has 2 rings (SSSR count). The van der Waals surface area contributed by atoms with Crippen LogP contribution in [-0.4, -0.2) is 49.5 Å². The molecular formula is C21H27N3O5. The monoisotopic (exact) mass is 401 g/mol. The number of H-pyrrole nitrogens is 1. The number of rotatable bonds is 7. The Hall–Kier alpha value is -3.00. The summed E-state index contributed by atoms with van der Waals surface area (Å²) in [4.78, 5) is 42.1. The number of aliphatic carboxylic acids is 1. The molecule has 29 heavy (non-hydrogen) atoms. The SMILES string of the molecule is CC1=CC(=O)CC(C)(C)[C@@]1(O)/C=C/C(C)=C\C(=O)N[C@@H](Cc1cnc[nH]1)C(=O)O. The lowest BCUT2D eigenvalue weighted by Crippen LogP contribution is -2.48. The van der Waals surface area contributed by atoms with Crippen molar-refractivity contribution in [2.75, 3.05) is 0 Å². The fraction of sp³-hybridized carbons (Fsp3) is 0.429. The van der Waals surface area contributed by atoms with Gasteiger partial charge in [-0.15, -0.1) is 0 Å². The molecule has 1 amide bonds. The van der Waals surface area contributed by atoms with Gasteiger partial charge in [-0.05, 0) is 37.1 Å². The second-order valence-corrected chi connectivity index (χ2v) is 8.02. The molecule has 156 valence electrons. The van der Waals surface area contributed by atoms with Gasteiger partial charge in [0.1, 0.15) is 11.6 Å². The molecule has 1 aliphatic rings. The lowest BCUT2D eigenvalue weighted by Gasteiger charge is -2.44. The maximum atomic E-state index is 12.2. The zero-order chi connectivity index (χ0) is 21.8. The summed E-state index contributed by atoms with van der Waals surface area (Å²) in [5.41, 5.74) is -0.353. The van der Waals surface area contributed by atoms with Gasteiger partial charge < -0.3 is 20.5 Å². The number of hydrogen-bond donors (Lipinski definition) is 4. The number of aromatic nitrogens is 2. The number of ketones is 1. The lowest BCUT2D eigenvalue weighted by atomic mass is 9.64. The quantitative estimate of drug-likeness (QED) is 0.406. The average molecular weight is 401 g/mol. The topological polar surface area (TPSA) is 132 Å². The van der Waals surface area contributed by atoms with Gasteiger partial charge in [-0.25, -0.2) is 9.78 Å². The summed E-state index contributed by atoms with van der Waals surface area (Å²) >= 11 is 0. The molecule has 0 aliphatic heterocycles. The average Bonchev–Trinajstić information content (AvgIpc) is 3.10. The highest BCUT2D eigenvalue weighted by atomic mass is 16.4. The molecule has 1 heterocycles. The van der Waals surface area contributed by atoms with E-state index in [1.165, 1.54) is 24.7 Å². The lowest BCUT2D eigenvalue weighted by molar-refractivity contribution is -0.141. The van der Waals surface area contributed by atoms with Crippen molar-refractivity contribution < 1.29 is 24.6 Å². The van der Waals surface area contributed by atoms with Crippen LogP contribution in [0.2, 0.25) is 0 Å². The van der Waals surface area contributed by atoms with Crippen molar-refractivity contribution in [3.63, 3.8) is 0 Å². The van der Waals surface area contributed by atoms with Crippen LogP contribution in [-0.2, 0) is 20.8 Å². The number of imidazole rings is 1. The molecule has 4 N–H and O–H groups in total. The van der Waals surface area contributed by atoms with E-state index in [2.05, 4.69) is 15.3 Å². The zero-order valence-electron chi connectivity index (χ0n) is 17.0. The van der Waals surface area contributed by atoms with Crippen molar-refractivity contribution in [1.82, 2.24) is 15.3 Å². The van der Waals surface area contributed by atoms with E-state index in [4.69, 9.17) is 0 Å². The molecule has 0 spiro atoms. The maximum absolute atomic E-state index is 12.2. The number of nitrogens with one attached hydrogen (secondary N) is 2. The number of carboxylic acids is 1. The second-order valence-electron chi connectivity index (χ2n) is 8.02. The molecule has 0 unspecified atom stereocenters. The van der Waals surface area contributed by atoms with Crippen molar-refractivity contribution in [2.45, 2.75) is 52.2 Å². The van der Waals surface area contributed by atoms with E-state index in [1.807, 2.05) is 13.8 Å². The van der Waals surface area contributed by atoms with E-state index < -0.39 is 28.9 Å². The standard InChI is InChI=1S/C21H27N3O5/c1-13(5-6-21(29)14(2)8-16(25)10-20(21,3)4)7-18(26)24-17(19(27)28)9-15-11-22-12-23-15/h5-8,11-12,17,29H,9-10H2,1-4H3,(H,22,23)(H,24,26)(H,27,28)/b6-5+,13-7-/t17-,21+/m0/s1. The van der Waals surface area contributed by atoms with E-state index in [0.29, 0.717) is 16.8 Å². The third kappa shape index (κ3) is 5.29. The molecule has 0 fully saturated rings. The molecule has 8 nitrogen and oxygen atoms in total. The Morgan fingerprint density at radius 3 is 2.66 bits per heavy atom. The van der Waals surface area contributed by atoms with Gasteiger partial charge in [0.25, 0.3) is 0 Å². The molecule has 2 atom stereocenters. The molecule has 1 aliphatic carbocycles. The van der Waals surface area contributed by atoms with Crippen LogP contribution in [0.3, 0.4) is 0 Å². The zero-order valence-corrected chi connectivity index (χ0v) is 17.0. The highest BCUT2D eigenvalue weighted by Gasteiger charge is 2.46. The predicted octanol–water partition coefficient (Wildman–Crippen LogP) is 1.70. The third-order valence-corrected chi connectivity index (χ3v) is 5.17. The molecule has 0 saturated carbocycles. The van der Waals surface area contributed by atoms with E-state index in [1.54, 1.807) is 26.0 Å². The molecule has 1 aromatic heterocycles. The number of carbonyl (C=O) groups excluding carboxylic acids is 2. The molecule has 0 saturated heterocycles. The minimum Gasteiger partial charge on any atom is -0.480 e. The van der Waals surface area contributed by atoms with Crippen LogP contribution < -0.4 is 5.32 Å². The second kappa shape index (κ2) is 8.57. The summed E-state index contributed by atoms with van der Waals surface area (Å²) in [6, 6.07) is -1.10. The summed E-state index contributed by atoms with van der Waals surface area (Å²) in [6.45, 7) is 6.99. The number of carbonyl (C=O) groups is 3. The molecular weight excluding hydrogens is 374 g/mol. The Bertz CT molecular complexity index is 880. The largest absolute Gasteiger partial charge is 0.480 e. The molecule has 8 heteroatoms. The number of amides is 1. The minimum absolute atomic E-state index is 0.0332. The molecule has 0 radical (unpaired) electrons. The van der Waals surface area contributed by atoms with E-state index >= 15 is 0 Å². The first kappa shape index (κ1) is 22.3. The summed E-state index contributed by atoms with van der Waals surface area (Å²) in [5.74, 6) is -1.75. The van der Waals surface area contributed by atoms with Gasteiger partial charge in [0, 0.05) is 36.2 Å². The number of hydrogen-bond acceptors (Lipinski definition) is 5. The maximum Gasteiger partial charge on any atom is 0.326 e. The first-order chi connectivity index (χ1) is 13.4. The Morgan fingerprint density at radius 1 is 1.41 bits per heavy atom. The van der Waals surface area contributed by atoms with Gasteiger partial charge in [-0.1, -0.05) is 19.9 Å². The highest BCUT2D eigenvalue weighted by molar-refractivity contribution is 5.93. The Labute approximate surface area is 169 Å². The van der Waals surface area contributed by atoms with Gasteiger partial charge in [0.15, 0.2) is 5.78 Å². The number of aromatic amines is 1. The summed E-state index contributed by atoms with van der Waals surface area (Å²) < 4.78 is 0. The Morgan fingerprint density at radius 2 is 2.10 bits per heavy atom. The van der Waals surface area contributed by atoms with Crippen molar-refractivity contribution >= 4 is 17.7 Å². The Balaban J connectivity index is 2.11.